The molecule has 1 aromatic rings. The van der Waals surface area contributed by atoms with Crippen molar-refractivity contribution in [2.45, 2.75) is 25.6 Å². The highest BCUT2D eigenvalue weighted by Crippen LogP contribution is 2.31. The van der Waals surface area contributed by atoms with Crippen molar-refractivity contribution in [2.24, 2.45) is 10.9 Å². The highest BCUT2D eigenvalue weighted by molar-refractivity contribution is 14.0. The normalized spacial score (nSPS) is 19.6. The summed E-state index contributed by atoms with van der Waals surface area (Å²) in [5.74, 6) is 1.70. The van der Waals surface area contributed by atoms with Gasteiger partial charge in [0.05, 0.1) is 12.7 Å². The monoisotopic (exact) mass is 417 g/mol. The molecule has 0 N–H and O–H groups in total. The van der Waals surface area contributed by atoms with Crippen LogP contribution in [0.5, 0.6) is 0 Å². The molecule has 1 fully saturated rings. The van der Waals surface area contributed by atoms with Gasteiger partial charge in [-0.15, -0.1) is 24.0 Å². The number of rotatable bonds is 5. The predicted octanol–water partition coefficient (Wildman–Crippen LogP) is 3.08. The van der Waals surface area contributed by atoms with Crippen molar-refractivity contribution in [1.29, 1.82) is 0 Å². The van der Waals surface area contributed by atoms with E-state index in [2.05, 4.69) is 34.1 Å². The van der Waals surface area contributed by atoms with Gasteiger partial charge in [0.15, 0.2) is 5.96 Å². The molecule has 2 rings (SSSR count). The summed E-state index contributed by atoms with van der Waals surface area (Å²) in [6.07, 6.45) is 2.67. The molecule has 0 unspecified atom stereocenters. The number of nitrogens with zero attached hydrogens (tertiary/aromatic N) is 3. The minimum absolute atomic E-state index is 0. The van der Waals surface area contributed by atoms with E-state index in [1.54, 1.807) is 0 Å². The molecule has 0 bridgehead atoms. The number of ether oxygens (including phenoxy) is 1. The zero-order valence-corrected chi connectivity index (χ0v) is 16.4. The van der Waals surface area contributed by atoms with E-state index in [1.807, 2.05) is 34.3 Å². The zero-order chi connectivity index (χ0) is 15.2. The van der Waals surface area contributed by atoms with Crippen LogP contribution in [-0.2, 0) is 11.3 Å². The lowest BCUT2D eigenvalue weighted by atomic mass is 9.82. The molecular weight excluding hydrogens is 389 g/mol. The Kier molecular flexibility index (Phi) is 8.17. The van der Waals surface area contributed by atoms with Gasteiger partial charge < -0.3 is 14.5 Å². The van der Waals surface area contributed by atoms with Gasteiger partial charge in [0.2, 0.25) is 0 Å². The summed E-state index contributed by atoms with van der Waals surface area (Å²) in [7, 11) is 8.13. The molecule has 22 heavy (non-hydrogen) atoms. The minimum Gasteiger partial charge on any atom is -0.374 e. The van der Waals surface area contributed by atoms with Gasteiger partial charge in [0, 0.05) is 34.7 Å². The molecule has 0 spiro atoms. The van der Waals surface area contributed by atoms with Gasteiger partial charge in [0.1, 0.15) is 0 Å². The van der Waals surface area contributed by atoms with Gasteiger partial charge in [-0.25, -0.2) is 0 Å². The van der Waals surface area contributed by atoms with Crippen LogP contribution in [0, 0.1) is 5.92 Å². The van der Waals surface area contributed by atoms with E-state index in [0.717, 1.165) is 32.0 Å². The van der Waals surface area contributed by atoms with Crippen molar-refractivity contribution in [3.8, 4) is 0 Å². The first-order chi connectivity index (χ1) is 10.1. The van der Waals surface area contributed by atoms with Gasteiger partial charge >= 0.3 is 0 Å². The van der Waals surface area contributed by atoms with E-state index < -0.39 is 0 Å². The third kappa shape index (κ3) is 5.76. The second-order valence-electron chi connectivity index (χ2n) is 6.19. The molecule has 1 aliphatic carbocycles. The van der Waals surface area contributed by atoms with Crippen molar-refractivity contribution in [1.82, 2.24) is 9.80 Å². The lowest BCUT2D eigenvalue weighted by Crippen LogP contribution is -2.37. The Hall–Kier alpha value is -0.820. The van der Waals surface area contributed by atoms with E-state index in [0.29, 0.717) is 12.0 Å². The Morgan fingerprint density at radius 3 is 2.23 bits per heavy atom. The molecule has 1 aromatic carbocycles. The average molecular weight is 417 g/mol. The van der Waals surface area contributed by atoms with Gasteiger partial charge in [0.25, 0.3) is 0 Å². The summed E-state index contributed by atoms with van der Waals surface area (Å²) in [5, 5.41) is 0. The Morgan fingerprint density at radius 1 is 1.09 bits per heavy atom. The molecule has 0 amide bonds. The van der Waals surface area contributed by atoms with Crippen LogP contribution in [0.2, 0.25) is 0 Å². The quantitative estimate of drug-likeness (QED) is 0.419. The third-order valence-electron chi connectivity index (χ3n) is 3.81. The van der Waals surface area contributed by atoms with Gasteiger partial charge in [-0.05, 0) is 24.3 Å². The van der Waals surface area contributed by atoms with Crippen LogP contribution in [0.25, 0.3) is 0 Å². The van der Waals surface area contributed by atoms with Crippen LogP contribution in [0.4, 0.5) is 0 Å². The minimum atomic E-state index is 0. The van der Waals surface area contributed by atoms with Crippen LogP contribution < -0.4 is 0 Å². The summed E-state index contributed by atoms with van der Waals surface area (Å²) in [4.78, 5) is 8.83. The highest BCUT2D eigenvalue weighted by Gasteiger charge is 2.29. The first kappa shape index (κ1) is 19.2. The van der Waals surface area contributed by atoms with Gasteiger partial charge in [-0.1, -0.05) is 30.3 Å². The molecule has 0 heterocycles. The van der Waals surface area contributed by atoms with E-state index in [4.69, 9.17) is 9.73 Å². The first-order valence-electron chi connectivity index (χ1n) is 7.61. The summed E-state index contributed by atoms with van der Waals surface area (Å²) in [6.45, 7) is 1.62. The SMILES string of the molecule is CN(C)C(=NCC1CC(OCc2ccccc2)C1)N(C)C.I. The number of aliphatic imine (C=N–C) groups is 1. The molecule has 0 aliphatic heterocycles. The fourth-order valence-electron chi connectivity index (χ4n) is 2.64. The highest BCUT2D eigenvalue weighted by atomic mass is 127. The second kappa shape index (κ2) is 9.35. The standard InChI is InChI=1S/C17H27N3O.HI/c1-19(2)17(20(3)4)18-12-15-10-16(11-15)21-13-14-8-6-5-7-9-14;/h5-9,15-16H,10-13H2,1-4H3;1H. The predicted molar refractivity (Wildman–Crippen MR) is 103 cm³/mol. The largest absolute Gasteiger partial charge is 0.374 e. The number of guanidine groups is 1. The van der Waals surface area contributed by atoms with Crippen molar-refractivity contribution < 1.29 is 4.74 Å². The van der Waals surface area contributed by atoms with Crippen molar-refractivity contribution in [3.05, 3.63) is 35.9 Å². The van der Waals surface area contributed by atoms with Crippen molar-refractivity contribution >= 4 is 29.9 Å². The van der Waals surface area contributed by atoms with Crippen LogP contribution in [0.15, 0.2) is 35.3 Å². The molecule has 0 radical (unpaired) electrons. The number of hydrogen-bond donors (Lipinski definition) is 0. The van der Waals surface area contributed by atoms with Crippen molar-refractivity contribution in [3.63, 3.8) is 0 Å². The molecule has 0 atom stereocenters. The lowest BCUT2D eigenvalue weighted by Gasteiger charge is -2.34. The zero-order valence-electron chi connectivity index (χ0n) is 14.0. The van der Waals surface area contributed by atoms with E-state index in [-0.39, 0.29) is 24.0 Å². The molecule has 0 saturated heterocycles. The van der Waals surface area contributed by atoms with E-state index in [1.165, 1.54) is 5.56 Å². The molecule has 5 heteroatoms. The maximum atomic E-state index is 5.93. The molecule has 4 nitrogen and oxygen atoms in total. The van der Waals surface area contributed by atoms with E-state index in [9.17, 15) is 0 Å². The number of hydrogen-bond acceptors (Lipinski definition) is 2. The first-order valence-corrected chi connectivity index (χ1v) is 7.61. The van der Waals surface area contributed by atoms with Crippen LogP contribution in [0.3, 0.4) is 0 Å². The fraction of sp³-hybridized carbons (Fsp3) is 0.588. The molecule has 0 aromatic heterocycles. The molecule has 1 saturated carbocycles. The van der Waals surface area contributed by atoms with Crippen LogP contribution in [0.1, 0.15) is 18.4 Å². The Morgan fingerprint density at radius 2 is 1.68 bits per heavy atom. The lowest BCUT2D eigenvalue weighted by molar-refractivity contribution is -0.0375. The summed E-state index contributed by atoms with van der Waals surface area (Å²) in [6, 6.07) is 10.4. The van der Waals surface area contributed by atoms with Crippen LogP contribution >= 0.6 is 24.0 Å². The average Bonchev–Trinajstić information content (AvgIpc) is 2.40. The maximum absolute atomic E-state index is 5.93. The van der Waals surface area contributed by atoms with Gasteiger partial charge in [-0.3, -0.25) is 4.99 Å². The van der Waals surface area contributed by atoms with Gasteiger partial charge in [-0.2, -0.15) is 0 Å². The maximum Gasteiger partial charge on any atom is 0.195 e. The molecular formula is C17H28IN3O. The second-order valence-corrected chi connectivity index (χ2v) is 6.19. The smallest absolute Gasteiger partial charge is 0.195 e. The third-order valence-corrected chi connectivity index (χ3v) is 3.81. The summed E-state index contributed by atoms with van der Waals surface area (Å²) in [5.41, 5.74) is 1.25. The van der Waals surface area contributed by atoms with E-state index >= 15 is 0 Å². The van der Waals surface area contributed by atoms with Crippen LogP contribution in [-0.4, -0.2) is 56.6 Å². The number of halogens is 1. The Bertz CT molecular complexity index is 446. The topological polar surface area (TPSA) is 28.1 Å². The fourth-order valence-corrected chi connectivity index (χ4v) is 2.64. The Balaban J connectivity index is 0.00000242. The van der Waals surface area contributed by atoms with Crippen molar-refractivity contribution in [2.75, 3.05) is 34.7 Å². The Labute approximate surface area is 151 Å². The molecule has 124 valence electrons. The summed E-state index contributed by atoms with van der Waals surface area (Å²) < 4.78 is 5.93. The molecule has 1 aliphatic rings. The number of benzene rings is 1. The summed E-state index contributed by atoms with van der Waals surface area (Å²) >= 11 is 0.